The Kier molecular flexibility index (Phi) is 6.05. The van der Waals surface area contributed by atoms with Crippen molar-refractivity contribution >= 4 is 29.3 Å². The number of nitro benzene ring substituents is 1. The lowest BCUT2D eigenvalue weighted by Gasteiger charge is -2.05. The smallest absolute Gasteiger partial charge is 0.338 e. The summed E-state index contributed by atoms with van der Waals surface area (Å²) in [6.07, 6.45) is 2.41. The van der Waals surface area contributed by atoms with Gasteiger partial charge in [-0.2, -0.15) is 0 Å². The first-order chi connectivity index (χ1) is 12.4. The summed E-state index contributed by atoms with van der Waals surface area (Å²) in [5.41, 5.74) is 0.766. The molecular weight excluding hydrogens is 340 g/mol. The van der Waals surface area contributed by atoms with Crippen molar-refractivity contribution in [1.29, 1.82) is 0 Å². The van der Waals surface area contributed by atoms with Crippen molar-refractivity contribution in [2.45, 2.75) is 6.92 Å². The van der Waals surface area contributed by atoms with E-state index < -0.39 is 16.8 Å². The summed E-state index contributed by atoms with van der Waals surface area (Å²) in [6, 6.07) is 9.63. The number of carbonyl (C=O) groups excluding carboxylic acids is 2. The van der Waals surface area contributed by atoms with Crippen molar-refractivity contribution in [1.82, 2.24) is 0 Å². The van der Waals surface area contributed by atoms with Crippen molar-refractivity contribution in [3.63, 3.8) is 0 Å². The van der Waals surface area contributed by atoms with Gasteiger partial charge in [-0.3, -0.25) is 14.9 Å². The minimum Gasteiger partial charge on any atom is -0.507 e. The highest BCUT2D eigenvalue weighted by Gasteiger charge is 2.09. The molecule has 0 radical (unpaired) electrons. The molecular formula is C18H16N2O6. The maximum atomic E-state index is 11.9. The van der Waals surface area contributed by atoms with E-state index in [1.165, 1.54) is 24.3 Å². The van der Waals surface area contributed by atoms with E-state index in [2.05, 4.69) is 5.32 Å². The van der Waals surface area contributed by atoms with Crippen LogP contribution in [-0.4, -0.2) is 28.5 Å². The van der Waals surface area contributed by atoms with E-state index in [-0.39, 0.29) is 23.6 Å². The van der Waals surface area contributed by atoms with Crippen LogP contribution >= 0.6 is 0 Å². The maximum absolute atomic E-state index is 11.9. The van der Waals surface area contributed by atoms with Crippen LogP contribution in [0.2, 0.25) is 0 Å². The summed E-state index contributed by atoms with van der Waals surface area (Å²) in [6.45, 7) is 1.98. The number of non-ortho nitro benzene ring substituents is 1. The molecule has 2 N–H and O–H groups in total. The highest BCUT2D eigenvalue weighted by Crippen LogP contribution is 2.24. The van der Waals surface area contributed by atoms with Crippen LogP contribution in [0.4, 0.5) is 11.4 Å². The van der Waals surface area contributed by atoms with Gasteiger partial charge in [0.25, 0.3) is 5.69 Å². The van der Waals surface area contributed by atoms with Crippen molar-refractivity contribution in [2.75, 3.05) is 11.9 Å². The molecule has 0 heterocycles. The van der Waals surface area contributed by atoms with Gasteiger partial charge < -0.3 is 15.2 Å². The first kappa shape index (κ1) is 18.7. The Hall–Kier alpha value is -3.68. The number of benzene rings is 2. The molecule has 26 heavy (non-hydrogen) atoms. The zero-order valence-electron chi connectivity index (χ0n) is 13.8. The van der Waals surface area contributed by atoms with Gasteiger partial charge in [-0.15, -0.1) is 0 Å². The highest BCUT2D eigenvalue weighted by molar-refractivity contribution is 6.02. The number of hydrogen-bond acceptors (Lipinski definition) is 6. The molecule has 2 rings (SSSR count). The molecule has 1 amide bonds. The van der Waals surface area contributed by atoms with E-state index in [4.69, 9.17) is 4.74 Å². The Morgan fingerprint density at radius 1 is 1.23 bits per heavy atom. The number of phenols is 1. The molecule has 2 aromatic rings. The fourth-order valence-corrected chi connectivity index (χ4v) is 2.04. The maximum Gasteiger partial charge on any atom is 0.338 e. The average Bonchev–Trinajstić information content (AvgIpc) is 2.61. The number of nitro groups is 1. The molecule has 0 aliphatic rings. The van der Waals surface area contributed by atoms with Crippen LogP contribution in [0.5, 0.6) is 5.75 Å². The van der Waals surface area contributed by atoms with Crippen LogP contribution in [0.15, 0.2) is 48.5 Å². The van der Waals surface area contributed by atoms with Gasteiger partial charge in [0.2, 0.25) is 5.91 Å². The Balaban J connectivity index is 2.04. The Morgan fingerprint density at radius 2 is 1.92 bits per heavy atom. The average molecular weight is 356 g/mol. The quantitative estimate of drug-likeness (QED) is 0.355. The third kappa shape index (κ3) is 4.91. The van der Waals surface area contributed by atoms with Crippen LogP contribution in [0.25, 0.3) is 6.08 Å². The normalized spacial score (nSPS) is 10.5. The number of aromatic hydroxyl groups is 1. The zero-order chi connectivity index (χ0) is 19.1. The van der Waals surface area contributed by atoms with E-state index in [0.29, 0.717) is 11.3 Å². The Morgan fingerprint density at radius 3 is 2.54 bits per heavy atom. The molecule has 0 atom stereocenters. The van der Waals surface area contributed by atoms with Crippen LogP contribution in [0.1, 0.15) is 22.8 Å². The number of rotatable bonds is 6. The van der Waals surface area contributed by atoms with Crippen LogP contribution in [-0.2, 0) is 9.53 Å². The van der Waals surface area contributed by atoms with E-state index in [0.717, 1.165) is 18.2 Å². The minimum absolute atomic E-state index is 0.145. The first-order valence-electron chi connectivity index (χ1n) is 7.64. The first-order valence-corrected chi connectivity index (χ1v) is 7.64. The largest absolute Gasteiger partial charge is 0.507 e. The predicted octanol–water partition coefficient (Wildman–Crippen LogP) is 3.13. The summed E-state index contributed by atoms with van der Waals surface area (Å²) in [5, 5.41) is 23.0. The van der Waals surface area contributed by atoms with E-state index in [1.54, 1.807) is 19.1 Å². The lowest BCUT2D eigenvalue weighted by Crippen LogP contribution is -2.08. The third-order valence-electron chi connectivity index (χ3n) is 3.30. The summed E-state index contributed by atoms with van der Waals surface area (Å²) < 4.78 is 4.87. The number of ether oxygens (including phenoxy) is 1. The summed E-state index contributed by atoms with van der Waals surface area (Å²) >= 11 is 0. The van der Waals surface area contributed by atoms with E-state index in [9.17, 15) is 24.8 Å². The molecule has 0 fully saturated rings. The zero-order valence-corrected chi connectivity index (χ0v) is 13.8. The fraction of sp³-hybridized carbons (Fsp3) is 0.111. The van der Waals surface area contributed by atoms with Crippen molar-refractivity contribution in [3.05, 3.63) is 69.8 Å². The predicted molar refractivity (Wildman–Crippen MR) is 94.8 cm³/mol. The van der Waals surface area contributed by atoms with Crippen LogP contribution in [0, 0.1) is 10.1 Å². The fourth-order valence-electron chi connectivity index (χ4n) is 2.04. The number of hydrogen-bond donors (Lipinski definition) is 2. The van der Waals surface area contributed by atoms with E-state index >= 15 is 0 Å². The number of phenolic OH excluding ortho intramolecular Hbond substituents is 1. The van der Waals surface area contributed by atoms with Gasteiger partial charge in [0.15, 0.2) is 0 Å². The van der Waals surface area contributed by atoms with Crippen molar-refractivity contribution < 1.29 is 24.4 Å². The van der Waals surface area contributed by atoms with Gasteiger partial charge in [-0.1, -0.05) is 0 Å². The van der Waals surface area contributed by atoms with Crippen molar-refractivity contribution in [2.24, 2.45) is 0 Å². The van der Waals surface area contributed by atoms with Gasteiger partial charge in [-0.25, -0.2) is 4.79 Å². The van der Waals surface area contributed by atoms with Crippen molar-refractivity contribution in [3.8, 4) is 5.75 Å². The second kappa shape index (κ2) is 8.43. The molecule has 8 heteroatoms. The van der Waals surface area contributed by atoms with Gasteiger partial charge in [-0.05, 0) is 43.3 Å². The van der Waals surface area contributed by atoms with Crippen LogP contribution in [0.3, 0.4) is 0 Å². The second-order valence-electron chi connectivity index (χ2n) is 5.12. The van der Waals surface area contributed by atoms with E-state index in [1.807, 2.05) is 0 Å². The lowest BCUT2D eigenvalue weighted by atomic mass is 10.1. The number of nitrogens with zero attached hydrogens (tertiary/aromatic N) is 1. The number of esters is 1. The topological polar surface area (TPSA) is 119 Å². The molecule has 0 spiro atoms. The highest BCUT2D eigenvalue weighted by atomic mass is 16.6. The monoisotopic (exact) mass is 356 g/mol. The SMILES string of the molecule is CCOC(=O)c1ccc(NC(=O)/C=C/c2cc([N+](=O)[O-])ccc2O)cc1. The second-order valence-corrected chi connectivity index (χ2v) is 5.12. The molecule has 0 aromatic heterocycles. The molecule has 134 valence electrons. The molecule has 8 nitrogen and oxygen atoms in total. The molecule has 0 aliphatic heterocycles. The molecule has 0 bridgehead atoms. The summed E-state index contributed by atoms with van der Waals surface area (Å²) in [7, 11) is 0. The molecule has 0 aliphatic carbocycles. The Bertz CT molecular complexity index is 858. The standard InChI is InChI=1S/C18H16N2O6/c1-2-26-18(23)12-3-6-14(7-4-12)19-17(22)10-5-13-11-15(20(24)25)8-9-16(13)21/h3-11,21H,2H2,1H3,(H,19,22)/b10-5+. The molecule has 0 unspecified atom stereocenters. The number of carbonyl (C=O) groups is 2. The number of nitrogens with one attached hydrogen (secondary N) is 1. The third-order valence-corrected chi connectivity index (χ3v) is 3.30. The summed E-state index contributed by atoms with van der Waals surface area (Å²) in [4.78, 5) is 33.6. The molecule has 0 saturated carbocycles. The number of anilines is 1. The molecule has 0 saturated heterocycles. The van der Waals surface area contributed by atoms with Crippen LogP contribution < -0.4 is 5.32 Å². The molecule has 2 aromatic carbocycles. The number of amides is 1. The van der Waals surface area contributed by atoms with Gasteiger partial charge >= 0.3 is 5.97 Å². The summed E-state index contributed by atoms with van der Waals surface area (Å²) in [5.74, 6) is -1.13. The lowest BCUT2D eigenvalue weighted by molar-refractivity contribution is -0.384. The minimum atomic E-state index is -0.595. The Labute approximate surface area is 148 Å². The van der Waals surface area contributed by atoms with Gasteiger partial charge in [0, 0.05) is 29.5 Å². The van der Waals surface area contributed by atoms with Gasteiger partial charge in [0.05, 0.1) is 17.1 Å². The van der Waals surface area contributed by atoms with Gasteiger partial charge in [0.1, 0.15) is 5.75 Å².